The highest BCUT2D eigenvalue weighted by Gasteiger charge is 2.29. The third-order valence-electron chi connectivity index (χ3n) is 5.46. The van der Waals surface area contributed by atoms with E-state index < -0.39 is 17.3 Å². The van der Waals surface area contributed by atoms with Crippen LogP contribution in [-0.4, -0.2) is 35.6 Å². The van der Waals surface area contributed by atoms with Crippen LogP contribution in [0.2, 0.25) is 0 Å². The lowest BCUT2D eigenvalue weighted by Crippen LogP contribution is -2.42. The van der Waals surface area contributed by atoms with Gasteiger partial charge in [-0.2, -0.15) is 0 Å². The molecule has 0 radical (unpaired) electrons. The molecule has 166 valence electrons. The molecule has 2 amide bonds. The standard InChI is InChI=1S/C25H31FN2O3/c1-25(2,3)31-24(30)28-15-13-18(14-16-28)17-22(19-9-5-4-6-10-19)27-23(29)20-11-7-8-12-21(20)26/h4-12,18,22H,13-17H2,1-3H3,(H,27,29). The zero-order valence-electron chi connectivity index (χ0n) is 18.4. The van der Waals surface area contributed by atoms with Crippen molar-refractivity contribution in [2.75, 3.05) is 13.1 Å². The number of halogens is 1. The van der Waals surface area contributed by atoms with Crippen LogP contribution in [0.1, 0.15) is 62.0 Å². The molecule has 1 unspecified atom stereocenters. The number of likely N-dealkylation sites (tertiary alicyclic amines) is 1. The van der Waals surface area contributed by atoms with E-state index in [1.54, 1.807) is 17.0 Å². The summed E-state index contributed by atoms with van der Waals surface area (Å²) >= 11 is 0. The summed E-state index contributed by atoms with van der Waals surface area (Å²) in [6, 6.07) is 15.5. The summed E-state index contributed by atoms with van der Waals surface area (Å²) in [4.78, 5) is 26.8. The first-order valence-electron chi connectivity index (χ1n) is 10.8. The summed E-state index contributed by atoms with van der Waals surface area (Å²) < 4.78 is 19.5. The predicted octanol–water partition coefficient (Wildman–Crippen LogP) is 5.33. The van der Waals surface area contributed by atoms with E-state index in [-0.39, 0.29) is 17.7 Å². The second-order valence-corrected chi connectivity index (χ2v) is 9.06. The molecule has 1 N–H and O–H groups in total. The molecule has 5 nitrogen and oxygen atoms in total. The molecule has 0 spiro atoms. The number of carbonyl (C=O) groups excluding carboxylic acids is 2. The summed E-state index contributed by atoms with van der Waals surface area (Å²) in [5.41, 5.74) is 0.522. The van der Waals surface area contributed by atoms with Crippen molar-refractivity contribution in [3.63, 3.8) is 0 Å². The first-order chi connectivity index (χ1) is 14.7. The average Bonchev–Trinajstić information content (AvgIpc) is 2.73. The smallest absolute Gasteiger partial charge is 0.410 e. The summed E-state index contributed by atoms with van der Waals surface area (Å²) in [6.45, 7) is 6.84. The molecule has 2 aromatic rings. The molecule has 31 heavy (non-hydrogen) atoms. The second-order valence-electron chi connectivity index (χ2n) is 9.06. The van der Waals surface area contributed by atoms with Gasteiger partial charge in [-0.1, -0.05) is 42.5 Å². The SMILES string of the molecule is CC(C)(C)OC(=O)N1CCC(CC(NC(=O)c2ccccc2F)c2ccccc2)CC1. The van der Waals surface area contributed by atoms with Gasteiger partial charge in [0.1, 0.15) is 11.4 Å². The normalized spacial score (nSPS) is 15.9. The highest BCUT2D eigenvalue weighted by Crippen LogP contribution is 2.29. The Morgan fingerprint density at radius 2 is 1.68 bits per heavy atom. The van der Waals surface area contributed by atoms with E-state index >= 15 is 0 Å². The van der Waals surface area contributed by atoms with E-state index in [0.717, 1.165) is 24.8 Å². The lowest BCUT2D eigenvalue weighted by Gasteiger charge is -2.35. The van der Waals surface area contributed by atoms with Gasteiger partial charge in [-0.3, -0.25) is 4.79 Å². The van der Waals surface area contributed by atoms with Crippen LogP contribution in [0.3, 0.4) is 0 Å². The van der Waals surface area contributed by atoms with Gasteiger partial charge < -0.3 is 15.0 Å². The van der Waals surface area contributed by atoms with Crippen LogP contribution < -0.4 is 5.32 Å². The number of ether oxygens (including phenoxy) is 1. The highest BCUT2D eigenvalue weighted by molar-refractivity contribution is 5.94. The molecule has 0 aromatic heterocycles. The second kappa shape index (κ2) is 9.94. The number of benzene rings is 2. The van der Waals surface area contributed by atoms with Crippen molar-refractivity contribution in [3.8, 4) is 0 Å². The Morgan fingerprint density at radius 1 is 1.06 bits per heavy atom. The zero-order valence-corrected chi connectivity index (χ0v) is 18.4. The number of piperidine rings is 1. The van der Waals surface area contributed by atoms with Crippen LogP contribution in [0.15, 0.2) is 54.6 Å². The molecule has 1 atom stereocenters. The van der Waals surface area contributed by atoms with Crippen molar-refractivity contribution in [2.24, 2.45) is 5.92 Å². The Hall–Kier alpha value is -2.89. The van der Waals surface area contributed by atoms with E-state index in [2.05, 4.69) is 5.32 Å². The Kier molecular flexibility index (Phi) is 7.31. The fourth-order valence-electron chi connectivity index (χ4n) is 3.86. The number of amides is 2. The lowest BCUT2D eigenvalue weighted by molar-refractivity contribution is 0.0178. The molecule has 0 saturated carbocycles. The average molecular weight is 427 g/mol. The Balaban J connectivity index is 1.65. The molecule has 1 heterocycles. The molecule has 6 heteroatoms. The van der Waals surface area contributed by atoms with E-state index in [0.29, 0.717) is 19.0 Å². The van der Waals surface area contributed by atoms with Gasteiger partial charge in [-0.15, -0.1) is 0 Å². The minimum absolute atomic E-state index is 0.0446. The van der Waals surface area contributed by atoms with Crippen molar-refractivity contribution in [2.45, 2.75) is 51.7 Å². The van der Waals surface area contributed by atoms with Crippen molar-refractivity contribution in [3.05, 3.63) is 71.5 Å². The quantitative estimate of drug-likeness (QED) is 0.703. The first-order valence-corrected chi connectivity index (χ1v) is 10.8. The monoisotopic (exact) mass is 426 g/mol. The number of nitrogens with one attached hydrogen (secondary N) is 1. The largest absolute Gasteiger partial charge is 0.444 e. The lowest BCUT2D eigenvalue weighted by atomic mass is 9.87. The van der Waals surface area contributed by atoms with E-state index in [4.69, 9.17) is 4.74 Å². The number of hydrogen-bond donors (Lipinski definition) is 1. The van der Waals surface area contributed by atoms with Crippen molar-refractivity contribution in [1.82, 2.24) is 10.2 Å². The molecular formula is C25H31FN2O3. The fraction of sp³-hybridized carbons (Fsp3) is 0.440. The van der Waals surface area contributed by atoms with Gasteiger partial charge in [0.25, 0.3) is 5.91 Å². The number of rotatable bonds is 5. The summed E-state index contributed by atoms with van der Waals surface area (Å²) in [7, 11) is 0. The van der Waals surface area contributed by atoms with Gasteiger partial charge in [-0.25, -0.2) is 9.18 Å². The zero-order chi connectivity index (χ0) is 22.4. The Morgan fingerprint density at radius 3 is 2.29 bits per heavy atom. The predicted molar refractivity (Wildman–Crippen MR) is 118 cm³/mol. The van der Waals surface area contributed by atoms with Gasteiger partial charge in [0, 0.05) is 13.1 Å². The topological polar surface area (TPSA) is 58.6 Å². The maximum Gasteiger partial charge on any atom is 0.410 e. The highest BCUT2D eigenvalue weighted by atomic mass is 19.1. The van der Waals surface area contributed by atoms with Crippen LogP contribution in [0.25, 0.3) is 0 Å². The number of hydrogen-bond acceptors (Lipinski definition) is 3. The van der Waals surface area contributed by atoms with Crippen LogP contribution in [0.5, 0.6) is 0 Å². The van der Waals surface area contributed by atoms with Gasteiger partial charge in [0.15, 0.2) is 0 Å². The maximum atomic E-state index is 14.1. The molecule has 0 bridgehead atoms. The molecule has 1 aliphatic heterocycles. The molecule has 2 aromatic carbocycles. The van der Waals surface area contributed by atoms with Gasteiger partial charge >= 0.3 is 6.09 Å². The van der Waals surface area contributed by atoms with Gasteiger partial charge in [0.2, 0.25) is 0 Å². The van der Waals surface area contributed by atoms with Gasteiger partial charge in [0.05, 0.1) is 11.6 Å². The van der Waals surface area contributed by atoms with Crippen LogP contribution >= 0.6 is 0 Å². The van der Waals surface area contributed by atoms with Crippen LogP contribution in [0.4, 0.5) is 9.18 Å². The summed E-state index contributed by atoms with van der Waals surface area (Å²) in [5, 5.41) is 3.02. The molecule has 0 aliphatic carbocycles. The van der Waals surface area contributed by atoms with Crippen molar-refractivity contribution in [1.29, 1.82) is 0 Å². The molecule has 1 fully saturated rings. The van der Waals surface area contributed by atoms with Crippen LogP contribution in [0, 0.1) is 11.7 Å². The molecule has 1 aliphatic rings. The van der Waals surface area contributed by atoms with Crippen molar-refractivity contribution < 1.29 is 18.7 Å². The summed E-state index contributed by atoms with van der Waals surface area (Å²) in [6.07, 6.45) is 2.11. The third kappa shape index (κ3) is 6.54. The summed E-state index contributed by atoms with van der Waals surface area (Å²) in [5.74, 6) is -0.611. The first kappa shape index (κ1) is 22.8. The third-order valence-corrected chi connectivity index (χ3v) is 5.46. The minimum atomic E-state index is -0.530. The number of carbonyl (C=O) groups is 2. The fourth-order valence-corrected chi connectivity index (χ4v) is 3.86. The maximum absolute atomic E-state index is 14.1. The number of nitrogens with zero attached hydrogens (tertiary/aromatic N) is 1. The molecule has 3 rings (SSSR count). The van der Waals surface area contributed by atoms with E-state index in [9.17, 15) is 14.0 Å². The van der Waals surface area contributed by atoms with Gasteiger partial charge in [-0.05, 0) is 63.6 Å². The van der Waals surface area contributed by atoms with E-state index in [1.807, 2.05) is 51.1 Å². The minimum Gasteiger partial charge on any atom is -0.444 e. The molecule has 1 saturated heterocycles. The van der Waals surface area contributed by atoms with E-state index in [1.165, 1.54) is 12.1 Å². The van der Waals surface area contributed by atoms with Crippen LogP contribution in [-0.2, 0) is 4.74 Å². The Labute approximate surface area is 183 Å². The molecular weight excluding hydrogens is 395 g/mol. The Bertz CT molecular complexity index is 887. The van der Waals surface area contributed by atoms with Crippen molar-refractivity contribution >= 4 is 12.0 Å².